The van der Waals surface area contributed by atoms with Crippen molar-refractivity contribution >= 4 is 5.96 Å². The second-order valence-corrected chi connectivity index (χ2v) is 5.62. The fraction of sp³-hybridized carbons (Fsp3) is 0.471. The van der Waals surface area contributed by atoms with Crippen LogP contribution in [-0.4, -0.2) is 35.6 Å². The van der Waals surface area contributed by atoms with E-state index in [-0.39, 0.29) is 12.3 Å². The van der Waals surface area contributed by atoms with Crippen LogP contribution in [0.3, 0.4) is 0 Å². The topological polar surface area (TPSA) is 84.6 Å². The molecule has 0 aliphatic heterocycles. The first-order valence-corrected chi connectivity index (χ1v) is 8.52. The van der Waals surface area contributed by atoms with Crippen molar-refractivity contribution in [2.45, 2.75) is 39.6 Å². The summed E-state index contributed by atoms with van der Waals surface area (Å²) in [4.78, 5) is 8.44. The van der Waals surface area contributed by atoms with E-state index in [1.807, 2.05) is 6.92 Å². The molecule has 1 heterocycles. The van der Waals surface area contributed by atoms with Gasteiger partial charge in [0, 0.05) is 25.1 Å². The molecule has 0 unspecified atom stereocenters. The molecule has 1 aromatic heterocycles. The summed E-state index contributed by atoms with van der Waals surface area (Å²) in [5.74, 6) is 1.40. The number of hydrogen-bond acceptors (Lipinski definition) is 5. The highest BCUT2D eigenvalue weighted by Crippen LogP contribution is 2.26. The Morgan fingerprint density at radius 3 is 2.70 bits per heavy atom. The van der Waals surface area contributed by atoms with Crippen LogP contribution < -0.4 is 15.4 Å². The number of alkyl halides is 3. The lowest BCUT2D eigenvalue weighted by Crippen LogP contribution is -2.37. The number of rotatable bonds is 8. The number of aliphatic imine (C=N–C) groups is 1. The Kier molecular flexibility index (Phi) is 7.44. The molecule has 27 heavy (non-hydrogen) atoms. The Bertz CT molecular complexity index is 746. The first-order valence-electron chi connectivity index (χ1n) is 8.52. The standard InChI is InChI=1S/C17H22F3N5O2/c1-3-21-16(22-10-6-9-15-24-12(2)25-27-15)23-11-13-7-4-5-8-14(13)26-17(18,19)20/h4-5,7-8H,3,6,9-11H2,1-2H3,(H2,21,22,23). The number of aryl methyl sites for hydroxylation is 2. The SMILES string of the molecule is CCNC(=NCc1ccccc1OC(F)(F)F)NCCCc1nc(C)no1. The van der Waals surface area contributed by atoms with Gasteiger partial charge in [-0.1, -0.05) is 23.4 Å². The average Bonchev–Trinajstić information content (AvgIpc) is 3.01. The van der Waals surface area contributed by atoms with Crippen molar-refractivity contribution in [2.24, 2.45) is 4.99 Å². The predicted molar refractivity (Wildman–Crippen MR) is 93.3 cm³/mol. The lowest BCUT2D eigenvalue weighted by Gasteiger charge is -2.13. The summed E-state index contributed by atoms with van der Waals surface area (Å²) in [5.41, 5.74) is 0.341. The molecular formula is C17H22F3N5O2. The Hall–Kier alpha value is -2.78. The van der Waals surface area contributed by atoms with Gasteiger partial charge in [-0.2, -0.15) is 4.98 Å². The van der Waals surface area contributed by atoms with Crippen LogP contribution in [0.25, 0.3) is 0 Å². The number of para-hydroxylation sites is 1. The molecule has 0 aliphatic rings. The summed E-state index contributed by atoms with van der Waals surface area (Å²) >= 11 is 0. The van der Waals surface area contributed by atoms with E-state index in [9.17, 15) is 13.2 Å². The van der Waals surface area contributed by atoms with E-state index in [1.165, 1.54) is 12.1 Å². The number of nitrogens with zero attached hydrogens (tertiary/aromatic N) is 3. The third kappa shape index (κ3) is 7.55. The molecule has 0 bridgehead atoms. The van der Waals surface area contributed by atoms with Gasteiger partial charge in [0.1, 0.15) is 5.75 Å². The minimum atomic E-state index is -4.74. The Morgan fingerprint density at radius 1 is 1.26 bits per heavy atom. The maximum atomic E-state index is 12.5. The van der Waals surface area contributed by atoms with E-state index < -0.39 is 6.36 Å². The van der Waals surface area contributed by atoms with Crippen LogP contribution in [0.5, 0.6) is 5.75 Å². The average molecular weight is 385 g/mol. The zero-order valence-electron chi connectivity index (χ0n) is 15.1. The van der Waals surface area contributed by atoms with Crippen molar-refractivity contribution in [3.05, 3.63) is 41.5 Å². The number of hydrogen-bond donors (Lipinski definition) is 2. The maximum absolute atomic E-state index is 12.5. The normalized spacial score (nSPS) is 12.1. The second kappa shape index (κ2) is 9.79. The molecule has 0 saturated carbocycles. The van der Waals surface area contributed by atoms with Crippen molar-refractivity contribution in [2.75, 3.05) is 13.1 Å². The van der Waals surface area contributed by atoms with Crippen molar-refractivity contribution in [3.8, 4) is 5.75 Å². The third-order valence-electron chi connectivity index (χ3n) is 3.38. The van der Waals surface area contributed by atoms with Gasteiger partial charge in [-0.15, -0.1) is 13.2 Å². The lowest BCUT2D eigenvalue weighted by atomic mass is 10.2. The molecule has 148 valence electrons. The second-order valence-electron chi connectivity index (χ2n) is 5.62. The van der Waals surface area contributed by atoms with Gasteiger partial charge in [-0.05, 0) is 26.3 Å². The van der Waals surface area contributed by atoms with Crippen LogP contribution in [0.15, 0.2) is 33.8 Å². The van der Waals surface area contributed by atoms with Crippen molar-refractivity contribution < 1.29 is 22.4 Å². The zero-order valence-corrected chi connectivity index (χ0v) is 15.1. The number of ether oxygens (including phenoxy) is 1. The smallest absolute Gasteiger partial charge is 0.405 e. The van der Waals surface area contributed by atoms with Gasteiger partial charge < -0.3 is 19.9 Å². The highest BCUT2D eigenvalue weighted by Gasteiger charge is 2.31. The van der Waals surface area contributed by atoms with Gasteiger partial charge in [0.05, 0.1) is 6.54 Å². The summed E-state index contributed by atoms with van der Waals surface area (Å²) in [6.07, 6.45) is -3.38. The van der Waals surface area contributed by atoms with Gasteiger partial charge in [0.25, 0.3) is 0 Å². The quantitative estimate of drug-likeness (QED) is 0.413. The molecule has 0 aliphatic carbocycles. The molecular weight excluding hydrogens is 363 g/mol. The van der Waals surface area contributed by atoms with Crippen LogP contribution in [0.4, 0.5) is 13.2 Å². The van der Waals surface area contributed by atoms with Crippen molar-refractivity contribution in [1.29, 1.82) is 0 Å². The summed E-state index contributed by atoms with van der Waals surface area (Å²) < 4.78 is 46.5. The van der Waals surface area contributed by atoms with E-state index in [2.05, 4.69) is 30.5 Å². The minimum Gasteiger partial charge on any atom is -0.405 e. The largest absolute Gasteiger partial charge is 0.573 e. The van der Waals surface area contributed by atoms with E-state index in [0.717, 1.165) is 6.42 Å². The molecule has 2 aromatic rings. The fourth-order valence-electron chi connectivity index (χ4n) is 2.25. The molecule has 2 N–H and O–H groups in total. The molecule has 0 saturated heterocycles. The van der Waals surface area contributed by atoms with E-state index in [0.29, 0.717) is 42.7 Å². The molecule has 10 heteroatoms. The van der Waals surface area contributed by atoms with Crippen molar-refractivity contribution in [3.63, 3.8) is 0 Å². The molecule has 0 radical (unpaired) electrons. The highest BCUT2D eigenvalue weighted by molar-refractivity contribution is 5.79. The van der Waals surface area contributed by atoms with Gasteiger partial charge in [-0.25, -0.2) is 4.99 Å². The number of guanidine groups is 1. The maximum Gasteiger partial charge on any atom is 0.573 e. The van der Waals surface area contributed by atoms with Gasteiger partial charge in [0.2, 0.25) is 5.89 Å². The Morgan fingerprint density at radius 2 is 2.04 bits per heavy atom. The van der Waals surface area contributed by atoms with E-state index in [4.69, 9.17) is 4.52 Å². The molecule has 0 atom stereocenters. The van der Waals surface area contributed by atoms with Gasteiger partial charge in [0.15, 0.2) is 11.8 Å². The highest BCUT2D eigenvalue weighted by atomic mass is 19.4. The van der Waals surface area contributed by atoms with Crippen LogP contribution in [-0.2, 0) is 13.0 Å². The fourth-order valence-corrected chi connectivity index (χ4v) is 2.25. The number of halogens is 3. The predicted octanol–water partition coefficient (Wildman–Crippen LogP) is 2.96. The van der Waals surface area contributed by atoms with Crippen LogP contribution in [0, 0.1) is 6.92 Å². The van der Waals surface area contributed by atoms with Gasteiger partial charge >= 0.3 is 6.36 Å². The zero-order chi connectivity index (χ0) is 19.7. The van der Waals surface area contributed by atoms with Crippen LogP contribution in [0.2, 0.25) is 0 Å². The summed E-state index contributed by atoms with van der Waals surface area (Å²) in [7, 11) is 0. The first-order chi connectivity index (χ1) is 12.9. The monoisotopic (exact) mass is 385 g/mol. The Balaban J connectivity index is 1.91. The molecule has 2 rings (SSSR count). The molecule has 7 nitrogen and oxygen atoms in total. The minimum absolute atomic E-state index is 0.0461. The van der Waals surface area contributed by atoms with Crippen LogP contribution in [0.1, 0.15) is 30.6 Å². The number of benzene rings is 1. The van der Waals surface area contributed by atoms with E-state index in [1.54, 1.807) is 19.1 Å². The summed E-state index contributed by atoms with van der Waals surface area (Å²) in [6.45, 7) is 4.91. The molecule has 1 aromatic carbocycles. The summed E-state index contributed by atoms with van der Waals surface area (Å²) in [6, 6.07) is 5.94. The Labute approximate surface area is 155 Å². The molecule has 0 fully saturated rings. The molecule has 0 amide bonds. The molecule has 0 spiro atoms. The van der Waals surface area contributed by atoms with E-state index >= 15 is 0 Å². The lowest BCUT2D eigenvalue weighted by molar-refractivity contribution is -0.274. The van der Waals surface area contributed by atoms with Crippen LogP contribution >= 0.6 is 0 Å². The summed E-state index contributed by atoms with van der Waals surface area (Å²) in [5, 5.41) is 9.89. The third-order valence-corrected chi connectivity index (χ3v) is 3.38. The van der Waals surface area contributed by atoms with Crippen molar-refractivity contribution in [1.82, 2.24) is 20.8 Å². The number of nitrogens with one attached hydrogen (secondary N) is 2. The van der Waals surface area contributed by atoms with Gasteiger partial charge in [-0.3, -0.25) is 0 Å². The number of aromatic nitrogens is 2. The first kappa shape index (κ1) is 20.5.